The van der Waals surface area contributed by atoms with Crippen LogP contribution < -0.4 is 5.32 Å². The van der Waals surface area contributed by atoms with Crippen molar-refractivity contribution in [2.45, 2.75) is 18.9 Å². The minimum Gasteiger partial charge on any atom is -0.317 e. The van der Waals surface area contributed by atoms with E-state index in [1.807, 2.05) is 0 Å². The van der Waals surface area contributed by atoms with Crippen molar-refractivity contribution in [1.82, 2.24) is 19.9 Å². The zero-order valence-corrected chi connectivity index (χ0v) is 13.7. The molecule has 0 saturated carbocycles. The van der Waals surface area contributed by atoms with Crippen LogP contribution in [-0.4, -0.2) is 32.4 Å². The van der Waals surface area contributed by atoms with E-state index in [0.29, 0.717) is 35.4 Å². The molecular weight excluding hydrogens is 340 g/mol. The number of nitrogens with one attached hydrogen (secondary N) is 1. The number of urea groups is 1. The van der Waals surface area contributed by atoms with E-state index >= 15 is 0 Å². The summed E-state index contributed by atoms with van der Waals surface area (Å²) in [6.07, 6.45) is 6.09. The maximum absolute atomic E-state index is 13.6. The normalized spacial score (nSPS) is 16.8. The molecule has 8 heteroatoms. The van der Waals surface area contributed by atoms with Crippen LogP contribution in [0.3, 0.4) is 0 Å². The van der Waals surface area contributed by atoms with Crippen molar-refractivity contribution in [3.05, 3.63) is 60.1 Å². The molecule has 1 atom stereocenters. The predicted molar refractivity (Wildman–Crippen MR) is 91.4 cm³/mol. The van der Waals surface area contributed by atoms with Crippen molar-refractivity contribution in [1.29, 1.82) is 0 Å². The summed E-state index contributed by atoms with van der Waals surface area (Å²) < 4.78 is 26.8. The Morgan fingerprint density at radius 2 is 1.92 bits per heavy atom. The Bertz CT molecular complexity index is 975. The maximum atomic E-state index is 13.6. The van der Waals surface area contributed by atoms with Crippen molar-refractivity contribution in [2.75, 3.05) is 11.9 Å². The van der Waals surface area contributed by atoms with Crippen LogP contribution in [0.15, 0.2) is 42.9 Å². The molecular formula is C18H15F2N5O. The second-order valence-electron chi connectivity index (χ2n) is 6.04. The predicted octanol–water partition coefficient (Wildman–Crippen LogP) is 3.67. The van der Waals surface area contributed by atoms with Crippen molar-refractivity contribution in [3.63, 3.8) is 0 Å². The molecule has 6 nitrogen and oxygen atoms in total. The lowest BCUT2D eigenvalue weighted by Crippen LogP contribution is -2.34. The van der Waals surface area contributed by atoms with Crippen molar-refractivity contribution < 1.29 is 13.6 Å². The maximum Gasteiger partial charge on any atom is 0.323 e. The summed E-state index contributed by atoms with van der Waals surface area (Å²) in [6, 6.07) is 4.77. The zero-order valence-electron chi connectivity index (χ0n) is 13.7. The van der Waals surface area contributed by atoms with Gasteiger partial charge in [0.1, 0.15) is 5.52 Å². The summed E-state index contributed by atoms with van der Waals surface area (Å²) in [5, 5.41) is 2.76. The van der Waals surface area contributed by atoms with E-state index in [2.05, 4.69) is 20.3 Å². The van der Waals surface area contributed by atoms with E-state index < -0.39 is 11.6 Å². The van der Waals surface area contributed by atoms with Gasteiger partial charge in [0.15, 0.2) is 17.5 Å². The third kappa shape index (κ3) is 2.94. The number of carbonyl (C=O) groups excluding carboxylic acids is 1. The van der Waals surface area contributed by atoms with Gasteiger partial charge in [-0.3, -0.25) is 10.3 Å². The summed E-state index contributed by atoms with van der Waals surface area (Å²) in [6.45, 7) is 0.520. The number of hydrogen-bond donors (Lipinski definition) is 1. The molecule has 1 N–H and O–H groups in total. The first kappa shape index (κ1) is 16.3. The average molecular weight is 355 g/mol. The first-order chi connectivity index (χ1) is 12.6. The van der Waals surface area contributed by atoms with Gasteiger partial charge in [-0.2, -0.15) is 0 Å². The van der Waals surface area contributed by atoms with Crippen LogP contribution in [0.4, 0.5) is 19.4 Å². The van der Waals surface area contributed by atoms with E-state index in [-0.39, 0.29) is 12.1 Å². The van der Waals surface area contributed by atoms with Crippen LogP contribution in [0.25, 0.3) is 11.0 Å². The van der Waals surface area contributed by atoms with E-state index in [1.54, 1.807) is 23.4 Å². The van der Waals surface area contributed by atoms with Gasteiger partial charge in [0, 0.05) is 25.1 Å². The summed E-state index contributed by atoms with van der Waals surface area (Å²) in [5.74, 6) is -1.50. The SMILES string of the molecule is O=C(Nc1nccc2nccnc12)N1CCCC1c1ccc(F)c(F)c1. The Hall–Kier alpha value is -3.16. The van der Waals surface area contributed by atoms with Crippen molar-refractivity contribution in [2.24, 2.45) is 0 Å². The third-order valence-corrected chi connectivity index (χ3v) is 4.45. The van der Waals surface area contributed by atoms with E-state index in [1.165, 1.54) is 12.3 Å². The number of fused-ring (bicyclic) bond motifs is 1. The fourth-order valence-electron chi connectivity index (χ4n) is 3.24. The molecule has 4 rings (SSSR count). The number of aromatic nitrogens is 3. The van der Waals surface area contributed by atoms with Crippen LogP contribution in [0.1, 0.15) is 24.4 Å². The molecule has 2 amide bonds. The van der Waals surface area contributed by atoms with Gasteiger partial charge in [-0.05, 0) is 36.6 Å². The second kappa shape index (κ2) is 6.62. The number of likely N-dealkylation sites (tertiary alicyclic amines) is 1. The van der Waals surface area contributed by atoms with E-state index in [9.17, 15) is 13.6 Å². The van der Waals surface area contributed by atoms with Crippen LogP contribution in [-0.2, 0) is 0 Å². The topological polar surface area (TPSA) is 71.0 Å². The van der Waals surface area contributed by atoms with Crippen LogP contribution in [0.5, 0.6) is 0 Å². The van der Waals surface area contributed by atoms with Gasteiger partial charge in [-0.25, -0.2) is 23.5 Å². The summed E-state index contributed by atoms with van der Waals surface area (Å²) >= 11 is 0. The minimum atomic E-state index is -0.916. The number of pyridine rings is 1. The van der Waals surface area contributed by atoms with E-state index in [4.69, 9.17) is 0 Å². The number of rotatable bonds is 2. The third-order valence-electron chi connectivity index (χ3n) is 4.45. The highest BCUT2D eigenvalue weighted by Crippen LogP contribution is 2.33. The summed E-state index contributed by atoms with van der Waals surface area (Å²) in [5.41, 5.74) is 1.69. The van der Waals surface area contributed by atoms with Gasteiger partial charge in [-0.15, -0.1) is 0 Å². The molecule has 0 bridgehead atoms. The Labute approximate surface area is 147 Å². The number of benzene rings is 1. The fourth-order valence-corrected chi connectivity index (χ4v) is 3.24. The molecule has 3 aromatic rings. The smallest absolute Gasteiger partial charge is 0.317 e. The number of anilines is 1. The first-order valence-corrected chi connectivity index (χ1v) is 8.22. The molecule has 26 heavy (non-hydrogen) atoms. The molecule has 1 unspecified atom stereocenters. The second-order valence-corrected chi connectivity index (χ2v) is 6.04. The van der Waals surface area contributed by atoms with Gasteiger partial charge < -0.3 is 4.90 Å². The molecule has 1 aliphatic rings. The average Bonchev–Trinajstić information content (AvgIpc) is 3.14. The lowest BCUT2D eigenvalue weighted by molar-refractivity contribution is 0.207. The Balaban J connectivity index is 1.59. The van der Waals surface area contributed by atoms with E-state index in [0.717, 1.165) is 18.6 Å². The highest BCUT2D eigenvalue weighted by Gasteiger charge is 2.31. The Kier molecular flexibility index (Phi) is 4.16. The van der Waals surface area contributed by atoms with Gasteiger partial charge in [0.2, 0.25) is 0 Å². The molecule has 0 aliphatic carbocycles. The molecule has 3 heterocycles. The lowest BCUT2D eigenvalue weighted by atomic mass is 10.0. The van der Waals surface area contributed by atoms with Crippen LogP contribution in [0.2, 0.25) is 0 Å². The highest BCUT2D eigenvalue weighted by atomic mass is 19.2. The number of amides is 2. The van der Waals surface area contributed by atoms with Crippen molar-refractivity contribution >= 4 is 22.9 Å². The van der Waals surface area contributed by atoms with Crippen molar-refractivity contribution in [3.8, 4) is 0 Å². The van der Waals surface area contributed by atoms with Gasteiger partial charge in [-0.1, -0.05) is 6.07 Å². The molecule has 1 fully saturated rings. The molecule has 2 aromatic heterocycles. The molecule has 132 valence electrons. The number of hydrogen-bond acceptors (Lipinski definition) is 4. The molecule has 1 aromatic carbocycles. The Morgan fingerprint density at radius 1 is 1.08 bits per heavy atom. The van der Waals surface area contributed by atoms with Gasteiger partial charge in [0.25, 0.3) is 0 Å². The minimum absolute atomic E-state index is 0.314. The summed E-state index contributed by atoms with van der Waals surface area (Å²) in [7, 11) is 0. The van der Waals surface area contributed by atoms with Crippen LogP contribution in [0, 0.1) is 11.6 Å². The Morgan fingerprint density at radius 3 is 2.77 bits per heavy atom. The summed E-state index contributed by atoms with van der Waals surface area (Å²) in [4.78, 5) is 26.9. The monoisotopic (exact) mass is 355 g/mol. The molecule has 1 aliphatic heterocycles. The lowest BCUT2D eigenvalue weighted by Gasteiger charge is -2.25. The molecule has 0 spiro atoms. The number of halogens is 2. The fraction of sp³-hybridized carbons (Fsp3) is 0.222. The number of nitrogens with zero attached hydrogens (tertiary/aromatic N) is 4. The molecule has 0 radical (unpaired) electrons. The first-order valence-electron chi connectivity index (χ1n) is 8.22. The zero-order chi connectivity index (χ0) is 18.1. The highest BCUT2D eigenvalue weighted by molar-refractivity contribution is 5.96. The van der Waals surface area contributed by atoms with Gasteiger partial charge in [0.05, 0.1) is 11.6 Å². The largest absolute Gasteiger partial charge is 0.323 e. The standard InChI is InChI=1S/C18H15F2N5O/c19-12-4-3-11(10-13(12)20)15-2-1-9-25(15)18(26)24-17-16-14(5-6-23-17)21-7-8-22-16/h3-8,10,15H,1-2,9H2,(H,23,24,26). The quantitative estimate of drug-likeness (QED) is 0.761. The van der Waals surface area contributed by atoms with Gasteiger partial charge >= 0.3 is 6.03 Å². The van der Waals surface area contributed by atoms with Crippen LogP contribution >= 0.6 is 0 Å². The number of carbonyl (C=O) groups is 1. The molecule has 1 saturated heterocycles.